The normalized spacial score (nSPS) is 25.5. The number of carbonyl (C=O) groups is 1. The molecular weight excluding hydrogens is 400 g/mol. The maximum Gasteiger partial charge on any atom is 0.244 e. The molecule has 4 heterocycles. The second kappa shape index (κ2) is 7.85. The molecule has 0 aliphatic carbocycles. The standard InChI is InChI=1S/C19H23ClN4O3S/c20-19-15(24-11-5-2-6-17(24)22-19)7-8-18(25)21-14-12-28(26,27)13-16(14)23-9-3-1-4-10-23/h2,5-8,11,14,16H,1,3-4,9-10,12-13H2,(H,21,25)/b8-7+. The quantitative estimate of drug-likeness (QED) is 0.759. The molecule has 2 atom stereocenters. The van der Waals surface area contributed by atoms with Gasteiger partial charge in [0.1, 0.15) is 5.65 Å². The van der Waals surface area contributed by atoms with Crippen molar-refractivity contribution in [3.05, 3.63) is 41.3 Å². The number of aromatic nitrogens is 2. The van der Waals surface area contributed by atoms with Crippen LogP contribution in [0.3, 0.4) is 0 Å². The van der Waals surface area contributed by atoms with E-state index in [-0.39, 0.29) is 23.5 Å². The van der Waals surface area contributed by atoms with Crippen molar-refractivity contribution in [2.45, 2.75) is 31.3 Å². The molecule has 2 aliphatic heterocycles. The van der Waals surface area contributed by atoms with Crippen molar-refractivity contribution in [3.8, 4) is 0 Å². The number of sulfone groups is 1. The van der Waals surface area contributed by atoms with E-state index in [0.717, 1.165) is 25.9 Å². The van der Waals surface area contributed by atoms with Gasteiger partial charge < -0.3 is 5.32 Å². The van der Waals surface area contributed by atoms with Crippen molar-refractivity contribution in [2.24, 2.45) is 0 Å². The first-order valence-electron chi connectivity index (χ1n) is 9.48. The van der Waals surface area contributed by atoms with Crippen LogP contribution in [-0.4, -0.2) is 65.3 Å². The Morgan fingerprint density at radius 3 is 2.79 bits per heavy atom. The molecule has 0 spiro atoms. The zero-order valence-electron chi connectivity index (χ0n) is 15.4. The Labute approximate surface area is 169 Å². The first-order chi connectivity index (χ1) is 13.4. The van der Waals surface area contributed by atoms with Gasteiger partial charge in [-0.05, 0) is 44.1 Å². The molecule has 2 aromatic rings. The zero-order chi connectivity index (χ0) is 19.7. The number of pyridine rings is 1. The first-order valence-corrected chi connectivity index (χ1v) is 11.7. The smallest absolute Gasteiger partial charge is 0.244 e. The molecular formula is C19H23ClN4O3S. The number of amides is 1. The van der Waals surface area contributed by atoms with E-state index >= 15 is 0 Å². The summed E-state index contributed by atoms with van der Waals surface area (Å²) in [7, 11) is -3.15. The molecule has 150 valence electrons. The van der Waals surface area contributed by atoms with Gasteiger partial charge >= 0.3 is 0 Å². The van der Waals surface area contributed by atoms with Gasteiger partial charge in [0.15, 0.2) is 15.0 Å². The van der Waals surface area contributed by atoms with E-state index in [1.165, 1.54) is 12.5 Å². The number of likely N-dealkylation sites (tertiary alicyclic amines) is 1. The molecule has 4 rings (SSSR count). The molecule has 1 N–H and O–H groups in total. The molecule has 7 nitrogen and oxygen atoms in total. The minimum Gasteiger partial charge on any atom is -0.347 e. The van der Waals surface area contributed by atoms with Crippen LogP contribution in [0, 0.1) is 0 Å². The summed E-state index contributed by atoms with van der Waals surface area (Å²) in [6.45, 7) is 1.78. The Bertz CT molecular complexity index is 1010. The Kier molecular flexibility index (Phi) is 5.44. The van der Waals surface area contributed by atoms with Gasteiger partial charge in [-0.25, -0.2) is 13.4 Å². The predicted octanol–water partition coefficient (Wildman–Crippen LogP) is 1.77. The molecule has 2 saturated heterocycles. The molecule has 28 heavy (non-hydrogen) atoms. The lowest BCUT2D eigenvalue weighted by molar-refractivity contribution is -0.117. The molecule has 1 amide bonds. The third kappa shape index (κ3) is 4.09. The van der Waals surface area contributed by atoms with E-state index in [1.54, 1.807) is 10.5 Å². The number of carbonyl (C=O) groups excluding carboxylic acids is 1. The van der Waals surface area contributed by atoms with Crippen molar-refractivity contribution in [1.82, 2.24) is 19.6 Å². The van der Waals surface area contributed by atoms with Crippen molar-refractivity contribution in [2.75, 3.05) is 24.6 Å². The van der Waals surface area contributed by atoms with Crippen molar-refractivity contribution >= 4 is 39.1 Å². The van der Waals surface area contributed by atoms with Crippen LogP contribution in [0.1, 0.15) is 25.0 Å². The molecule has 0 aromatic carbocycles. The topological polar surface area (TPSA) is 83.8 Å². The second-order valence-corrected chi connectivity index (χ2v) is 9.92. The maximum absolute atomic E-state index is 12.5. The van der Waals surface area contributed by atoms with Gasteiger partial charge in [0.05, 0.1) is 23.2 Å². The summed E-state index contributed by atoms with van der Waals surface area (Å²) in [5, 5.41) is 3.20. The summed E-state index contributed by atoms with van der Waals surface area (Å²) in [4.78, 5) is 19.0. The molecule has 0 bridgehead atoms. The number of hydrogen-bond acceptors (Lipinski definition) is 5. The Hall–Kier alpha value is -1.90. The Morgan fingerprint density at radius 1 is 1.21 bits per heavy atom. The van der Waals surface area contributed by atoms with E-state index in [1.807, 2.05) is 24.4 Å². The number of nitrogens with zero attached hydrogens (tertiary/aromatic N) is 3. The molecule has 2 aliphatic rings. The number of rotatable bonds is 4. The fourth-order valence-corrected chi connectivity index (χ4v) is 6.29. The highest BCUT2D eigenvalue weighted by atomic mass is 35.5. The minimum atomic E-state index is -3.15. The Balaban J connectivity index is 1.48. The van der Waals surface area contributed by atoms with Crippen LogP contribution in [0.5, 0.6) is 0 Å². The lowest BCUT2D eigenvalue weighted by Gasteiger charge is -2.34. The van der Waals surface area contributed by atoms with E-state index in [9.17, 15) is 13.2 Å². The summed E-state index contributed by atoms with van der Waals surface area (Å²) in [5.74, 6) is -0.226. The van der Waals surface area contributed by atoms with E-state index in [0.29, 0.717) is 16.5 Å². The van der Waals surface area contributed by atoms with Crippen molar-refractivity contribution in [1.29, 1.82) is 0 Å². The minimum absolute atomic E-state index is 0.00981. The van der Waals surface area contributed by atoms with Gasteiger partial charge in [0.25, 0.3) is 0 Å². The van der Waals surface area contributed by atoms with Crippen LogP contribution in [0.25, 0.3) is 11.7 Å². The molecule has 2 aromatic heterocycles. The van der Waals surface area contributed by atoms with Gasteiger partial charge in [0.2, 0.25) is 5.91 Å². The van der Waals surface area contributed by atoms with E-state index in [2.05, 4.69) is 15.2 Å². The predicted molar refractivity (Wildman–Crippen MR) is 109 cm³/mol. The number of piperidine rings is 1. The highest BCUT2D eigenvalue weighted by Gasteiger charge is 2.41. The lowest BCUT2D eigenvalue weighted by Crippen LogP contribution is -2.52. The van der Waals surface area contributed by atoms with Crippen LogP contribution in [0.4, 0.5) is 0 Å². The lowest BCUT2D eigenvalue weighted by atomic mass is 10.0. The van der Waals surface area contributed by atoms with E-state index in [4.69, 9.17) is 11.6 Å². The number of halogens is 1. The summed E-state index contributed by atoms with van der Waals surface area (Å²) < 4.78 is 26.2. The van der Waals surface area contributed by atoms with Crippen molar-refractivity contribution < 1.29 is 13.2 Å². The van der Waals surface area contributed by atoms with Gasteiger partial charge in [-0.15, -0.1) is 0 Å². The average molecular weight is 423 g/mol. The number of imidazole rings is 1. The van der Waals surface area contributed by atoms with Crippen LogP contribution in [-0.2, 0) is 14.6 Å². The van der Waals surface area contributed by atoms with Gasteiger partial charge in [-0.2, -0.15) is 0 Å². The molecule has 0 radical (unpaired) electrons. The molecule has 2 fully saturated rings. The largest absolute Gasteiger partial charge is 0.347 e. The third-order valence-electron chi connectivity index (χ3n) is 5.42. The fourth-order valence-electron chi connectivity index (χ4n) is 4.10. The summed E-state index contributed by atoms with van der Waals surface area (Å²) in [6.07, 6.45) is 8.14. The SMILES string of the molecule is O=C(/C=C/c1c(Cl)nc2ccccn12)NC1CS(=O)(=O)CC1N1CCCCC1. The zero-order valence-corrected chi connectivity index (χ0v) is 17.0. The second-order valence-electron chi connectivity index (χ2n) is 7.41. The molecule has 9 heteroatoms. The summed E-state index contributed by atoms with van der Waals surface area (Å²) >= 11 is 6.18. The number of nitrogens with one attached hydrogen (secondary N) is 1. The maximum atomic E-state index is 12.5. The van der Waals surface area contributed by atoms with Gasteiger partial charge in [-0.1, -0.05) is 24.1 Å². The van der Waals surface area contributed by atoms with Gasteiger partial charge in [-0.3, -0.25) is 14.1 Å². The fraction of sp³-hybridized carbons (Fsp3) is 0.474. The van der Waals surface area contributed by atoms with E-state index < -0.39 is 15.9 Å². The first kappa shape index (κ1) is 19.4. The summed E-state index contributed by atoms with van der Waals surface area (Å²) in [6, 6.07) is 5.00. The van der Waals surface area contributed by atoms with Crippen molar-refractivity contribution in [3.63, 3.8) is 0 Å². The van der Waals surface area contributed by atoms with Gasteiger partial charge in [0, 0.05) is 18.3 Å². The third-order valence-corrected chi connectivity index (χ3v) is 7.42. The number of hydrogen-bond donors (Lipinski definition) is 1. The number of fused-ring (bicyclic) bond motifs is 1. The van der Waals surface area contributed by atoms with Crippen LogP contribution < -0.4 is 5.32 Å². The van der Waals surface area contributed by atoms with Crippen LogP contribution >= 0.6 is 11.6 Å². The van der Waals surface area contributed by atoms with Crippen LogP contribution in [0.2, 0.25) is 5.15 Å². The average Bonchev–Trinajstić information content (AvgIpc) is 3.15. The highest BCUT2D eigenvalue weighted by Crippen LogP contribution is 2.23. The highest BCUT2D eigenvalue weighted by molar-refractivity contribution is 7.91. The van der Waals surface area contributed by atoms with Crippen LogP contribution in [0.15, 0.2) is 30.5 Å². The molecule has 2 unspecified atom stereocenters. The Morgan fingerprint density at radius 2 is 2.00 bits per heavy atom. The monoisotopic (exact) mass is 422 g/mol. The molecule has 0 saturated carbocycles. The summed E-state index contributed by atoms with van der Waals surface area (Å²) in [5.41, 5.74) is 1.30.